The summed E-state index contributed by atoms with van der Waals surface area (Å²) in [4.78, 5) is 29.9. The topological polar surface area (TPSA) is 168 Å². The molecular formula is C48H58N4O13. The maximum Gasteiger partial charge on any atom is 0.410 e. The lowest BCUT2D eigenvalue weighted by Crippen LogP contribution is -2.51. The summed E-state index contributed by atoms with van der Waals surface area (Å²) in [6.07, 6.45) is -1.21. The summed E-state index contributed by atoms with van der Waals surface area (Å²) in [7, 11) is 0. The van der Waals surface area contributed by atoms with Crippen LogP contribution in [0.25, 0.3) is 0 Å². The number of carbonyl (C=O) groups excluding carboxylic acids is 2. The minimum Gasteiger partial charge on any atom is -0.454 e. The zero-order valence-corrected chi connectivity index (χ0v) is 37.8. The molecule has 65 heavy (non-hydrogen) atoms. The minimum absolute atomic E-state index is 0.0280. The number of hydrogen-bond donors (Lipinski definition) is 2. The Labute approximate surface area is 378 Å². The molecule has 0 atom stereocenters. The molecule has 0 aliphatic carbocycles. The Morgan fingerprint density at radius 2 is 0.815 bits per heavy atom. The zero-order valence-electron chi connectivity index (χ0n) is 37.8. The van der Waals surface area contributed by atoms with Crippen LogP contribution >= 0.6 is 0 Å². The molecule has 0 spiro atoms. The molecule has 6 heterocycles. The molecule has 348 valence electrons. The van der Waals surface area contributed by atoms with Crippen molar-refractivity contribution in [1.29, 1.82) is 0 Å². The monoisotopic (exact) mass is 898 g/mol. The van der Waals surface area contributed by atoms with Gasteiger partial charge in [-0.2, -0.15) is 0 Å². The Hall–Kier alpha value is -6.30. The third-order valence-electron chi connectivity index (χ3n) is 10.9. The van der Waals surface area contributed by atoms with Crippen molar-refractivity contribution >= 4 is 12.2 Å². The summed E-state index contributed by atoms with van der Waals surface area (Å²) in [6, 6.07) is 22.9. The normalized spacial score (nSPS) is 17.0. The highest BCUT2D eigenvalue weighted by Crippen LogP contribution is 2.42. The van der Waals surface area contributed by atoms with Gasteiger partial charge in [0.1, 0.15) is 17.3 Å². The summed E-state index contributed by atoms with van der Waals surface area (Å²) >= 11 is 0. The van der Waals surface area contributed by atoms with E-state index in [1.54, 1.807) is 34.1 Å². The second-order valence-electron chi connectivity index (χ2n) is 18.0. The van der Waals surface area contributed by atoms with Crippen molar-refractivity contribution in [2.24, 2.45) is 0 Å². The molecule has 17 nitrogen and oxygen atoms in total. The molecule has 4 aromatic carbocycles. The number of fused-ring (bicyclic) bond motifs is 4. The predicted molar refractivity (Wildman–Crippen MR) is 236 cm³/mol. The number of rotatable bonds is 5. The first-order chi connectivity index (χ1) is 31.2. The van der Waals surface area contributed by atoms with E-state index in [1.807, 2.05) is 77.9 Å². The third kappa shape index (κ3) is 11.3. The molecule has 4 aromatic rings. The fourth-order valence-corrected chi connectivity index (χ4v) is 7.80. The maximum absolute atomic E-state index is 12.5. The van der Waals surface area contributed by atoms with Crippen molar-refractivity contribution in [2.45, 2.75) is 64.9 Å². The van der Waals surface area contributed by atoms with Gasteiger partial charge < -0.3 is 67.6 Å². The highest BCUT2D eigenvalue weighted by atomic mass is 16.7. The van der Waals surface area contributed by atoms with E-state index in [4.69, 9.17) is 47.4 Å². The van der Waals surface area contributed by atoms with Crippen LogP contribution in [0.1, 0.15) is 75.9 Å². The molecule has 0 aromatic heterocycles. The SMILES string of the molecule is CC(C)(C)OC(=O)N1CCN(C(c2ccc3c(c2)OCO3)c2ccc3c(c2)OCO3)CC1.CC(C)(C)OC(=O)N1CCNCC1.OC(c1ccc2c(c1)OCO2)c1ccc2c(c1)OCO2. The van der Waals surface area contributed by atoms with Gasteiger partial charge in [0.25, 0.3) is 0 Å². The Morgan fingerprint density at radius 3 is 1.18 bits per heavy atom. The van der Waals surface area contributed by atoms with Crippen molar-refractivity contribution in [3.63, 3.8) is 0 Å². The second kappa shape index (κ2) is 19.4. The van der Waals surface area contributed by atoms with Crippen LogP contribution < -0.4 is 43.2 Å². The summed E-state index contributed by atoms with van der Waals surface area (Å²) in [5.74, 6) is 5.73. The largest absolute Gasteiger partial charge is 0.454 e. The van der Waals surface area contributed by atoms with Crippen LogP contribution in [-0.2, 0) is 9.47 Å². The molecule has 10 rings (SSSR count). The van der Waals surface area contributed by atoms with Crippen molar-refractivity contribution in [3.8, 4) is 46.0 Å². The first kappa shape index (κ1) is 45.3. The molecule has 0 unspecified atom stereocenters. The number of aliphatic hydroxyl groups is 1. The number of carbonyl (C=O) groups is 2. The smallest absolute Gasteiger partial charge is 0.410 e. The number of benzene rings is 4. The molecule has 2 fully saturated rings. The van der Waals surface area contributed by atoms with E-state index in [-0.39, 0.29) is 51.0 Å². The van der Waals surface area contributed by atoms with E-state index in [0.29, 0.717) is 49.2 Å². The lowest BCUT2D eigenvalue weighted by Gasteiger charge is -2.40. The van der Waals surface area contributed by atoms with Gasteiger partial charge in [0.2, 0.25) is 27.2 Å². The molecular weight excluding hydrogens is 841 g/mol. The number of aliphatic hydroxyl groups excluding tert-OH is 1. The van der Waals surface area contributed by atoms with Crippen LogP contribution in [0.15, 0.2) is 72.8 Å². The third-order valence-corrected chi connectivity index (χ3v) is 10.9. The molecule has 0 bridgehead atoms. The average molecular weight is 899 g/mol. The van der Waals surface area contributed by atoms with Crippen molar-refractivity contribution < 1.29 is 62.1 Å². The molecule has 2 N–H and O–H groups in total. The number of nitrogens with zero attached hydrogens (tertiary/aromatic N) is 3. The lowest BCUT2D eigenvalue weighted by atomic mass is 9.95. The Bertz CT molecular complexity index is 2200. The summed E-state index contributed by atoms with van der Waals surface area (Å²) in [5.41, 5.74) is 2.79. The van der Waals surface area contributed by atoms with E-state index in [0.717, 1.165) is 71.4 Å². The van der Waals surface area contributed by atoms with Crippen molar-refractivity contribution in [2.75, 3.05) is 79.5 Å². The van der Waals surface area contributed by atoms with Crippen LogP contribution in [0.2, 0.25) is 0 Å². The number of ether oxygens (including phenoxy) is 10. The maximum atomic E-state index is 12.5. The van der Waals surface area contributed by atoms with Gasteiger partial charge in [-0.05, 0) is 112 Å². The highest BCUT2D eigenvalue weighted by molar-refractivity contribution is 5.68. The average Bonchev–Trinajstić information content (AvgIpc) is 4.13. The van der Waals surface area contributed by atoms with E-state index >= 15 is 0 Å². The van der Waals surface area contributed by atoms with E-state index in [9.17, 15) is 14.7 Å². The van der Waals surface area contributed by atoms with Crippen LogP contribution in [-0.4, -0.2) is 123 Å². The summed E-state index contributed by atoms with van der Waals surface area (Å²) in [5, 5.41) is 13.6. The molecule has 2 saturated heterocycles. The quantitative estimate of drug-likeness (QED) is 0.214. The predicted octanol–water partition coefficient (Wildman–Crippen LogP) is 6.84. The molecule has 0 radical (unpaired) electrons. The van der Waals surface area contributed by atoms with Gasteiger partial charge in [-0.3, -0.25) is 4.90 Å². The van der Waals surface area contributed by atoms with Gasteiger partial charge in [0, 0.05) is 52.4 Å². The summed E-state index contributed by atoms with van der Waals surface area (Å²) < 4.78 is 54.2. The first-order valence-electron chi connectivity index (χ1n) is 21.8. The number of hydrogen-bond acceptors (Lipinski definition) is 15. The van der Waals surface area contributed by atoms with E-state index in [2.05, 4.69) is 22.3 Å². The van der Waals surface area contributed by atoms with Gasteiger partial charge in [0.05, 0.1) is 6.04 Å². The molecule has 0 saturated carbocycles. The molecule has 17 heteroatoms. The number of amides is 2. The zero-order chi connectivity index (χ0) is 45.7. The van der Waals surface area contributed by atoms with Gasteiger partial charge in [-0.1, -0.05) is 24.3 Å². The van der Waals surface area contributed by atoms with E-state index < -0.39 is 11.7 Å². The fourth-order valence-electron chi connectivity index (χ4n) is 7.80. The van der Waals surface area contributed by atoms with Crippen LogP contribution in [0.5, 0.6) is 46.0 Å². The van der Waals surface area contributed by atoms with Gasteiger partial charge in [-0.15, -0.1) is 0 Å². The Balaban J connectivity index is 0.000000148. The Kier molecular flexibility index (Phi) is 13.5. The van der Waals surface area contributed by atoms with Crippen LogP contribution in [0.4, 0.5) is 9.59 Å². The summed E-state index contributed by atoms with van der Waals surface area (Å²) in [6.45, 7) is 18.1. The molecule has 2 amide bonds. The molecule has 6 aliphatic heterocycles. The van der Waals surface area contributed by atoms with Crippen molar-refractivity contribution in [1.82, 2.24) is 20.0 Å². The first-order valence-corrected chi connectivity index (χ1v) is 21.8. The van der Waals surface area contributed by atoms with Crippen LogP contribution in [0, 0.1) is 0 Å². The highest BCUT2D eigenvalue weighted by Gasteiger charge is 2.32. The van der Waals surface area contributed by atoms with Gasteiger partial charge in [-0.25, -0.2) is 9.59 Å². The van der Waals surface area contributed by atoms with Crippen LogP contribution in [0.3, 0.4) is 0 Å². The molecule has 6 aliphatic rings. The minimum atomic E-state index is -0.751. The second-order valence-corrected chi connectivity index (χ2v) is 18.0. The van der Waals surface area contributed by atoms with E-state index in [1.165, 1.54) is 0 Å². The number of nitrogens with one attached hydrogen (secondary N) is 1. The van der Waals surface area contributed by atoms with Crippen molar-refractivity contribution in [3.05, 3.63) is 95.1 Å². The standard InChI is InChI=1S/C24H28N2O6.C15H12O5.C9H18N2O2/c1-24(2,3)32-23(27)26-10-8-25(9-11-26)22(16-4-6-18-20(12-16)30-14-28-18)17-5-7-19-21(13-17)31-15-29-19;16-15(9-1-3-11-13(5-9)19-7-17-11)10-2-4-12-14(6-10)20-8-18-12;1-9(2,3)13-8(12)11-6-4-10-5-7-11/h4-7,12-13,22H,8-11,14-15H2,1-3H3;1-6,15-16H,7-8H2;10H,4-7H2,1-3H3. The number of piperazine rings is 2. The van der Waals surface area contributed by atoms with Gasteiger partial charge >= 0.3 is 12.2 Å². The fraction of sp³-hybridized carbons (Fsp3) is 0.458. The van der Waals surface area contributed by atoms with Gasteiger partial charge in [0.15, 0.2) is 46.0 Å². The lowest BCUT2D eigenvalue weighted by molar-refractivity contribution is 0.0118. The Morgan fingerprint density at radius 1 is 0.492 bits per heavy atom.